The molecule has 0 saturated carbocycles. The van der Waals surface area contributed by atoms with E-state index in [1.54, 1.807) is 77.9 Å². The van der Waals surface area contributed by atoms with Crippen molar-refractivity contribution in [2.24, 2.45) is 23.7 Å². The minimum Gasteiger partial charge on any atom is -0.444 e. The highest BCUT2D eigenvalue weighted by Gasteiger charge is 2.43. The summed E-state index contributed by atoms with van der Waals surface area (Å²) in [6.45, 7) is 20.3. The van der Waals surface area contributed by atoms with Gasteiger partial charge in [-0.25, -0.2) is 4.79 Å². The fourth-order valence-corrected chi connectivity index (χ4v) is 9.21. The van der Waals surface area contributed by atoms with Gasteiger partial charge in [0.1, 0.15) is 23.7 Å². The van der Waals surface area contributed by atoms with Gasteiger partial charge >= 0.3 is 6.09 Å². The van der Waals surface area contributed by atoms with Crippen molar-refractivity contribution in [2.45, 2.75) is 156 Å². The van der Waals surface area contributed by atoms with Gasteiger partial charge in [-0.1, -0.05) is 53.2 Å². The van der Waals surface area contributed by atoms with E-state index in [2.05, 4.69) is 26.2 Å². The van der Waals surface area contributed by atoms with E-state index in [0.29, 0.717) is 38.2 Å². The number of rotatable bonds is 23. The summed E-state index contributed by atoms with van der Waals surface area (Å²) in [6.07, 6.45) is 1.43. The van der Waals surface area contributed by atoms with Gasteiger partial charge in [-0.3, -0.25) is 28.8 Å². The molecule has 1 aromatic carbocycles. The van der Waals surface area contributed by atoms with E-state index in [0.717, 1.165) is 31.4 Å². The third kappa shape index (κ3) is 16.4. The molecule has 3 rings (SSSR count). The number of carbonyl (C=O) groups excluding carboxylic acids is 7. The molecule has 7 amide bonds. The van der Waals surface area contributed by atoms with Crippen molar-refractivity contribution in [3.63, 3.8) is 0 Å². The van der Waals surface area contributed by atoms with Gasteiger partial charge in [0.05, 0.1) is 42.5 Å². The summed E-state index contributed by atoms with van der Waals surface area (Å²) < 4.78 is 17.3. The molecule has 18 heteroatoms. The average molecular weight is 957 g/mol. The Hall–Kier alpha value is -4.81. The summed E-state index contributed by atoms with van der Waals surface area (Å²) in [5.41, 5.74) is 0.656. The van der Waals surface area contributed by atoms with Crippen LogP contribution in [-0.2, 0) is 49.4 Å². The average Bonchev–Trinajstić information content (AvgIpc) is 3.95. The molecular formula is C50H84N8O10. The quantitative estimate of drug-likeness (QED) is 0.123. The molecule has 0 aliphatic carbocycles. The first-order valence-electron chi connectivity index (χ1n) is 24.4. The Balaban J connectivity index is 1.63. The number of ether oxygens (including phenoxy) is 3. The molecule has 4 N–H and O–H groups in total. The lowest BCUT2D eigenvalue weighted by atomic mass is 9.89. The van der Waals surface area contributed by atoms with Crippen molar-refractivity contribution in [3.8, 4) is 0 Å². The highest BCUT2D eigenvalue weighted by Crippen LogP contribution is 2.30. The van der Waals surface area contributed by atoms with Crippen molar-refractivity contribution in [3.05, 3.63) is 29.8 Å². The van der Waals surface area contributed by atoms with Crippen LogP contribution in [0.1, 0.15) is 107 Å². The number of benzene rings is 1. The van der Waals surface area contributed by atoms with Crippen LogP contribution in [0.2, 0.25) is 0 Å². The van der Waals surface area contributed by atoms with Crippen LogP contribution in [0.3, 0.4) is 0 Å². The molecule has 0 radical (unpaired) electrons. The van der Waals surface area contributed by atoms with Crippen LogP contribution in [0.25, 0.3) is 0 Å². The molecule has 0 bridgehead atoms. The molecule has 18 nitrogen and oxygen atoms in total. The van der Waals surface area contributed by atoms with E-state index in [1.165, 1.54) is 6.92 Å². The minimum absolute atomic E-state index is 0.0189. The van der Waals surface area contributed by atoms with Crippen molar-refractivity contribution >= 4 is 47.2 Å². The van der Waals surface area contributed by atoms with Gasteiger partial charge < -0.3 is 55.1 Å². The normalized spacial score (nSPS) is 20.0. The standard InChI is InChI=1S/C50H84N8O10/c1-16-31(4)42(57(13)48(64)41(30(2)3)54-46(62)36-23-25-55(11)29-36)39(66-14)28-40(59)58-24-18-21-38(58)43(67-15)32(5)47(63)56(12)26-22-35-19-17-20-37(27-35)53-45(61)33(6)51-44(60)34(7)52-49(65)68-50(8,9)10/h17,19-20,27,30-34,36,38-39,41-43H,16,18,21-26,28-29H2,1-15H3,(H,51,60)(H,52,65)(H,53,61)(H,54,62)/t31-,32+,33-,34-,36+,38?,39+,41-,42-,43+/m0/s1. The molecule has 2 aliphatic heterocycles. The van der Waals surface area contributed by atoms with E-state index < -0.39 is 65.8 Å². The fraction of sp³-hybridized carbons (Fsp3) is 0.740. The first-order chi connectivity index (χ1) is 31.8. The van der Waals surface area contributed by atoms with Gasteiger partial charge in [0.25, 0.3) is 0 Å². The van der Waals surface area contributed by atoms with Crippen LogP contribution in [0.4, 0.5) is 10.5 Å². The van der Waals surface area contributed by atoms with Crippen LogP contribution < -0.4 is 21.3 Å². The van der Waals surface area contributed by atoms with Crippen molar-refractivity contribution in [2.75, 3.05) is 66.9 Å². The van der Waals surface area contributed by atoms with Crippen LogP contribution >= 0.6 is 0 Å². The van der Waals surface area contributed by atoms with E-state index in [1.807, 2.05) is 58.7 Å². The number of alkyl carbamates (subject to hydrolysis) is 1. The number of amides is 7. The van der Waals surface area contributed by atoms with Gasteiger partial charge in [-0.15, -0.1) is 0 Å². The predicted octanol–water partition coefficient (Wildman–Crippen LogP) is 4.06. The Morgan fingerprint density at radius 2 is 1.51 bits per heavy atom. The maximum Gasteiger partial charge on any atom is 0.408 e. The zero-order valence-corrected chi connectivity index (χ0v) is 43.6. The van der Waals surface area contributed by atoms with E-state index >= 15 is 0 Å². The zero-order chi connectivity index (χ0) is 51.2. The van der Waals surface area contributed by atoms with E-state index in [-0.39, 0.29) is 53.8 Å². The molecule has 2 fully saturated rings. The summed E-state index contributed by atoms with van der Waals surface area (Å²) in [6, 6.07) is 3.85. The Morgan fingerprint density at radius 1 is 0.853 bits per heavy atom. The second kappa shape index (κ2) is 26.2. The lowest BCUT2D eigenvalue weighted by Crippen LogP contribution is -2.58. The Bertz CT molecular complexity index is 1870. The highest BCUT2D eigenvalue weighted by molar-refractivity contribution is 5.98. The Morgan fingerprint density at radius 3 is 2.09 bits per heavy atom. The Kier molecular flexibility index (Phi) is 22.2. The van der Waals surface area contributed by atoms with Crippen LogP contribution in [0.15, 0.2) is 24.3 Å². The second-order valence-electron chi connectivity index (χ2n) is 20.4. The molecule has 384 valence electrons. The first kappa shape index (κ1) is 57.5. The molecule has 0 aromatic heterocycles. The summed E-state index contributed by atoms with van der Waals surface area (Å²) >= 11 is 0. The number of likely N-dealkylation sites (N-methyl/N-ethyl adjacent to an activating group) is 2. The summed E-state index contributed by atoms with van der Waals surface area (Å²) in [5, 5.41) is 11.0. The maximum atomic E-state index is 14.3. The maximum absolute atomic E-state index is 14.3. The molecule has 2 saturated heterocycles. The Labute approximate surface area is 405 Å². The van der Waals surface area contributed by atoms with Gasteiger partial charge in [0.15, 0.2) is 0 Å². The molecule has 68 heavy (non-hydrogen) atoms. The van der Waals surface area contributed by atoms with Crippen molar-refractivity contribution in [1.82, 2.24) is 35.6 Å². The van der Waals surface area contributed by atoms with Crippen LogP contribution in [-0.4, -0.2) is 171 Å². The molecule has 1 aromatic rings. The van der Waals surface area contributed by atoms with E-state index in [4.69, 9.17) is 14.2 Å². The number of methoxy groups -OCH3 is 2. The number of carbonyl (C=O) groups is 7. The smallest absolute Gasteiger partial charge is 0.408 e. The topological polar surface area (TPSA) is 208 Å². The number of likely N-dealkylation sites (tertiary alicyclic amines) is 2. The third-order valence-electron chi connectivity index (χ3n) is 13.4. The molecule has 0 spiro atoms. The zero-order valence-electron chi connectivity index (χ0n) is 43.6. The molecule has 10 atom stereocenters. The SMILES string of the molecule is CC[C@H](C)[C@@H]([C@@H](CC(=O)N1CCCC1[C@H](OC)[C@@H](C)C(=O)N(C)CCc1cccc(NC(=O)[C@H](C)NC(=O)[C@H](C)NC(=O)OC(C)(C)C)c1)OC)N(C)C(=O)[C@@H](NC(=O)[C@@H]1CCN(C)C1)C(C)C. The largest absolute Gasteiger partial charge is 0.444 e. The number of anilines is 1. The van der Waals surface area contributed by atoms with Crippen LogP contribution in [0, 0.1) is 23.7 Å². The summed E-state index contributed by atoms with van der Waals surface area (Å²) in [5.74, 6) is -2.57. The number of nitrogens with zero attached hydrogens (tertiary/aromatic N) is 4. The van der Waals surface area contributed by atoms with Gasteiger partial charge in [-0.2, -0.15) is 0 Å². The number of hydrogen-bond donors (Lipinski definition) is 4. The third-order valence-corrected chi connectivity index (χ3v) is 13.4. The van der Waals surface area contributed by atoms with Crippen molar-refractivity contribution < 1.29 is 47.8 Å². The minimum atomic E-state index is -0.937. The lowest BCUT2D eigenvalue weighted by molar-refractivity contribution is -0.149. The van der Waals surface area contributed by atoms with Crippen molar-refractivity contribution in [1.29, 1.82) is 0 Å². The second-order valence-corrected chi connectivity index (χ2v) is 20.4. The molecule has 2 aliphatic rings. The van der Waals surface area contributed by atoms with Crippen LogP contribution in [0.5, 0.6) is 0 Å². The molecule has 1 unspecified atom stereocenters. The number of nitrogens with one attached hydrogen (secondary N) is 4. The fourth-order valence-electron chi connectivity index (χ4n) is 9.21. The summed E-state index contributed by atoms with van der Waals surface area (Å²) in [4.78, 5) is 101. The van der Waals surface area contributed by atoms with Gasteiger partial charge in [0.2, 0.25) is 35.4 Å². The predicted molar refractivity (Wildman–Crippen MR) is 261 cm³/mol. The van der Waals surface area contributed by atoms with Gasteiger partial charge in [0, 0.05) is 53.6 Å². The lowest BCUT2D eigenvalue weighted by Gasteiger charge is -2.41. The molecule has 2 heterocycles. The van der Waals surface area contributed by atoms with Gasteiger partial charge in [-0.05, 0) is 103 Å². The summed E-state index contributed by atoms with van der Waals surface area (Å²) in [7, 11) is 8.58. The first-order valence-corrected chi connectivity index (χ1v) is 24.4. The monoisotopic (exact) mass is 957 g/mol. The highest BCUT2D eigenvalue weighted by atomic mass is 16.6. The van der Waals surface area contributed by atoms with E-state index in [9.17, 15) is 33.6 Å². The number of hydrogen-bond acceptors (Lipinski definition) is 11. The molecular weight excluding hydrogens is 873 g/mol.